The molecule has 0 aliphatic carbocycles. The van der Waals surface area contributed by atoms with Gasteiger partial charge in [-0.25, -0.2) is 4.98 Å². The predicted octanol–water partition coefficient (Wildman–Crippen LogP) is 4.67. The Morgan fingerprint density at radius 1 is 0.943 bits per heavy atom. The lowest BCUT2D eigenvalue weighted by Gasteiger charge is -2.21. The second-order valence-corrected chi connectivity index (χ2v) is 8.28. The van der Waals surface area contributed by atoms with Crippen molar-refractivity contribution in [1.82, 2.24) is 14.9 Å². The second-order valence-electron chi connectivity index (χ2n) is 8.28. The third-order valence-corrected chi connectivity index (χ3v) is 6.08. The fourth-order valence-electron chi connectivity index (χ4n) is 4.23. The van der Waals surface area contributed by atoms with Gasteiger partial charge in [0.05, 0.1) is 28.4 Å². The maximum absolute atomic E-state index is 13.6. The Hall–Kier alpha value is -4.52. The molecule has 0 saturated heterocycles. The summed E-state index contributed by atoms with van der Waals surface area (Å²) in [6, 6.07) is 21.4. The summed E-state index contributed by atoms with van der Waals surface area (Å²) >= 11 is 0. The molecule has 174 valence electrons. The highest BCUT2D eigenvalue weighted by Crippen LogP contribution is 2.28. The van der Waals surface area contributed by atoms with Gasteiger partial charge in [0.2, 0.25) is 0 Å². The second kappa shape index (κ2) is 9.02. The van der Waals surface area contributed by atoms with Crippen LogP contribution in [0.5, 0.6) is 0 Å². The Morgan fingerprint density at radius 2 is 1.66 bits per heavy atom. The van der Waals surface area contributed by atoms with Crippen molar-refractivity contribution in [3.63, 3.8) is 0 Å². The first kappa shape index (κ1) is 22.3. The van der Waals surface area contributed by atoms with Crippen molar-refractivity contribution in [3.8, 4) is 11.3 Å². The summed E-state index contributed by atoms with van der Waals surface area (Å²) in [5.74, 6) is 0.498. The number of nitrogens with one attached hydrogen (secondary N) is 1. The number of nitrogens with zero attached hydrogens (tertiary/aromatic N) is 2. The van der Waals surface area contributed by atoms with Crippen LogP contribution in [0.3, 0.4) is 0 Å². The molecule has 3 aromatic carbocycles. The van der Waals surface area contributed by atoms with Crippen LogP contribution >= 0.6 is 0 Å². The first-order valence-electron chi connectivity index (χ1n) is 11.4. The van der Waals surface area contributed by atoms with Crippen molar-refractivity contribution in [2.75, 3.05) is 6.54 Å². The largest absolute Gasteiger partial charge is 0.455 e. The monoisotopic (exact) mass is 465 g/mol. The van der Waals surface area contributed by atoms with Crippen LogP contribution in [-0.2, 0) is 6.54 Å². The molecule has 0 saturated carbocycles. The van der Waals surface area contributed by atoms with Gasteiger partial charge in [0.15, 0.2) is 11.0 Å². The summed E-state index contributed by atoms with van der Waals surface area (Å²) in [6.45, 7) is 4.04. The molecule has 7 heteroatoms. The summed E-state index contributed by atoms with van der Waals surface area (Å²) in [5, 5.41) is 0.839. The lowest BCUT2D eigenvalue weighted by Crippen LogP contribution is -2.32. The number of carbonyl (C=O) groups excluding carboxylic acids is 1. The normalized spacial score (nSPS) is 11.1. The molecule has 5 aromatic rings. The van der Waals surface area contributed by atoms with Gasteiger partial charge in [-0.15, -0.1) is 0 Å². The van der Waals surface area contributed by atoms with E-state index in [-0.39, 0.29) is 34.6 Å². The molecule has 1 N–H and O–H groups in total. The summed E-state index contributed by atoms with van der Waals surface area (Å²) in [4.78, 5) is 48.1. The maximum Gasteiger partial charge on any atom is 0.258 e. The van der Waals surface area contributed by atoms with Gasteiger partial charge in [-0.05, 0) is 38.1 Å². The van der Waals surface area contributed by atoms with E-state index in [2.05, 4.69) is 9.97 Å². The van der Waals surface area contributed by atoms with Crippen molar-refractivity contribution >= 4 is 27.8 Å². The molecule has 0 bridgehead atoms. The maximum atomic E-state index is 13.6. The van der Waals surface area contributed by atoms with E-state index >= 15 is 0 Å². The lowest BCUT2D eigenvalue weighted by molar-refractivity contribution is 0.0749. The van der Waals surface area contributed by atoms with E-state index in [1.165, 1.54) is 0 Å². The fraction of sp³-hybridized carbons (Fsp3) is 0.143. The quantitative estimate of drug-likeness (QED) is 0.407. The number of para-hydroxylation sites is 2. The highest BCUT2D eigenvalue weighted by Gasteiger charge is 2.22. The first-order valence-corrected chi connectivity index (χ1v) is 11.4. The van der Waals surface area contributed by atoms with Crippen LogP contribution in [0.1, 0.15) is 28.7 Å². The molecular formula is C28H23N3O4. The van der Waals surface area contributed by atoms with Crippen molar-refractivity contribution in [1.29, 1.82) is 0 Å². The molecule has 0 aliphatic rings. The molecule has 2 aromatic heterocycles. The zero-order chi connectivity index (χ0) is 24.5. The van der Waals surface area contributed by atoms with Gasteiger partial charge in [-0.2, -0.15) is 0 Å². The third-order valence-electron chi connectivity index (χ3n) is 6.08. The number of amides is 1. The Balaban J connectivity index is 1.59. The number of hydrogen-bond acceptors (Lipinski definition) is 5. The standard InChI is InChI=1S/C28H23N3O4/c1-3-31(16-23-29-22-15-8-7-12-19(22)27(33)30-23)28(34)21-14-9-13-20-24(32)17(2)25(35-26(20)21)18-10-5-4-6-11-18/h4-15H,3,16H2,1-2H3,(H,29,30,33). The van der Waals surface area contributed by atoms with E-state index < -0.39 is 0 Å². The summed E-state index contributed by atoms with van der Waals surface area (Å²) < 4.78 is 6.21. The van der Waals surface area contributed by atoms with E-state index in [4.69, 9.17) is 4.42 Å². The number of aromatic nitrogens is 2. The van der Waals surface area contributed by atoms with Crippen LogP contribution in [0, 0.1) is 6.92 Å². The molecule has 7 nitrogen and oxygen atoms in total. The number of carbonyl (C=O) groups is 1. The minimum absolute atomic E-state index is 0.105. The van der Waals surface area contributed by atoms with Crippen molar-refractivity contribution in [2.24, 2.45) is 0 Å². The molecule has 0 radical (unpaired) electrons. The lowest BCUT2D eigenvalue weighted by atomic mass is 10.0. The average Bonchev–Trinajstić information content (AvgIpc) is 2.89. The van der Waals surface area contributed by atoms with Gasteiger partial charge in [0.1, 0.15) is 11.6 Å². The Kier molecular flexibility index (Phi) is 5.74. The van der Waals surface area contributed by atoms with Gasteiger partial charge in [0.25, 0.3) is 11.5 Å². The van der Waals surface area contributed by atoms with E-state index in [0.717, 1.165) is 5.56 Å². The molecule has 0 atom stereocenters. The van der Waals surface area contributed by atoms with Gasteiger partial charge in [-0.1, -0.05) is 48.5 Å². The summed E-state index contributed by atoms with van der Waals surface area (Å²) in [6.07, 6.45) is 0. The minimum Gasteiger partial charge on any atom is -0.455 e. The van der Waals surface area contributed by atoms with Crippen molar-refractivity contribution in [2.45, 2.75) is 20.4 Å². The zero-order valence-electron chi connectivity index (χ0n) is 19.4. The van der Waals surface area contributed by atoms with Gasteiger partial charge < -0.3 is 14.3 Å². The SMILES string of the molecule is CCN(Cc1nc2ccccc2c(=O)[nH]1)C(=O)c1cccc2c(=O)c(C)c(-c3ccccc3)oc12. The number of aromatic amines is 1. The first-order chi connectivity index (χ1) is 17.0. The van der Waals surface area contributed by atoms with Crippen LogP contribution in [0.4, 0.5) is 0 Å². The van der Waals surface area contributed by atoms with Gasteiger partial charge in [-0.3, -0.25) is 14.4 Å². The minimum atomic E-state index is -0.320. The Labute approximate surface area is 200 Å². The molecule has 5 rings (SSSR count). The molecule has 2 heterocycles. The highest BCUT2D eigenvalue weighted by atomic mass is 16.3. The Bertz CT molecular complexity index is 1690. The van der Waals surface area contributed by atoms with E-state index in [1.807, 2.05) is 43.3 Å². The molecule has 1 amide bonds. The molecule has 0 unspecified atom stereocenters. The van der Waals surface area contributed by atoms with E-state index in [0.29, 0.717) is 40.0 Å². The highest BCUT2D eigenvalue weighted by molar-refractivity contribution is 6.05. The molecule has 0 aliphatic heterocycles. The van der Waals surface area contributed by atoms with Crippen LogP contribution < -0.4 is 11.0 Å². The van der Waals surface area contributed by atoms with Crippen molar-refractivity contribution in [3.05, 3.63) is 110 Å². The topological polar surface area (TPSA) is 96.3 Å². The van der Waals surface area contributed by atoms with Crippen LogP contribution in [0.15, 0.2) is 86.8 Å². The van der Waals surface area contributed by atoms with Crippen molar-refractivity contribution < 1.29 is 9.21 Å². The number of H-pyrrole nitrogens is 1. The van der Waals surface area contributed by atoms with Crippen LogP contribution in [-0.4, -0.2) is 27.3 Å². The van der Waals surface area contributed by atoms with Gasteiger partial charge in [0, 0.05) is 17.7 Å². The van der Waals surface area contributed by atoms with Gasteiger partial charge >= 0.3 is 0 Å². The summed E-state index contributed by atoms with van der Waals surface area (Å²) in [7, 11) is 0. The van der Waals surface area contributed by atoms with E-state index in [1.54, 1.807) is 48.2 Å². The number of rotatable bonds is 5. The Morgan fingerprint density at radius 3 is 2.43 bits per heavy atom. The molecule has 0 spiro atoms. The average molecular weight is 466 g/mol. The smallest absolute Gasteiger partial charge is 0.258 e. The van der Waals surface area contributed by atoms with Crippen LogP contribution in [0.25, 0.3) is 33.2 Å². The predicted molar refractivity (Wildman–Crippen MR) is 135 cm³/mol. The number of benzene rings is 3. The fourth-order valence-corrected chi connectivity index (χ4v) is 4.23. The number of fused-ring (bicyclic) bond motifs is 2. The molecule has 0 fully saturated rings. The summed E-state index contributed by atoms with van der Waals surface area (Å²) in [5.41, 5.74) is 1.90. The zero-order valence-corrected chi connectivity index (χ0v) is 19.4. The third kappa shape index (κ3) is 4.01. The van der Waals surface area contributed by atoms with E-state index in [9.17, 15) is 14.4 Å². The number of hydrogen-bond donors (Lipinski definition) is 1. The molecular weight excluding hydrogens is 442 g/mol. The van der Waals surface area contributed by atoms with Crippen LogP contribution in [0.2, 0.25) is 0 Å². The molecule has 35 heavy (non-hydrogen) atoms.